The number of hydrogen-bond donors (Lipinski definition) is 2. The fourth-order valence-corrected chi connectivity index (χ4v) is 2.14. The minimum atomic E-state index is 0.214. The van der Waals surface area contributed by atoms with E-state index in [0.29, 0.717) is 12.3 Å². The Labute approximate surface area is 115 Å². The average Bonchev–Trinajstić information content (AvgIpc) is 2.41. The summed E-state index contributed by atoms with van der Waals surface area (Å²) >= 11 is 3.31. The number of nitrogens with zero attached hydrogens (tertiary/aromatic N) is 1. The Bertz CT molecular complexity index is 516. The van der Waals surface area contributed by atoms with E-state index in [2.05, 4.69) is 33.2 Å². The van der Waals surface area contributed by atoms with Crippen LogP contribution in [0.1, 0.15) is 24.1 Å². The van der Waals surface area contributed by atoms with Crippen molar-refractivity contribution in [3.05, 3.63) is 58.3 Å². The second-order valence-electron chi connectivity index (χ2n) is 4.13. The lowest BCUT2D eigenvalue weighted by Gasteiger charge is -2.15. The lowest BCUT2D eigenvalue weighted by atomic mass is 10.1. The maximum atomic E-state index is 9.88. The van der Waals surface area contributed by atoms with E-state index in [-0.39, 0.29) is 6.04 Å². The lowest BCUT2D eigenvalue weighted by molar-refractivity contribution is 0.457. The Morgan fingerprint density at radius 2 is 2.00 bits per heavy atom. The van der Waals surface area contributed by atoms with E-state index >= 15 is 0 Å². The molecule has 0 bridgehead atoms. The fourth-order valence-electron chi connectivity index (χ4n) is 1.74. The molecule has 1 aromatic carbocycles. The van der Waals surface area contributed by atoms with Gasteiger partial charge in [0, 0.05) is 30.5 Å². The zero-order chi connectivity index (χ0) is 13.0. The standard InChI is InChI=1S/C14H15BrN2O/c1-10(11-5-7-16-8-6-11)17-9-12-3-2-4-13(15)14(12)18/h2-8,10,17-18H,9H2,1H3/t10-/m1/s1. The van der Waals surface area contributed by atoms with Gasteiger partial charge >= 0.3 is 0 Å². The zero-order valence-corrected chi connectivity index (χ0v) is 11.7. The molecule has 2 N–H and O–H groups in total. The van der Waals surface area contributed by atoms with Crippen LogP contribution in [-0.4, -0.2) is 10.1 Å². The van der Waals surface area contributed by atoms with E-state index in [1.54, 1.807) is 12.4 Å². The summed E-state index contributed by atoms with van der Waals surface area (Å²) in [5.74, 6) is 0.298. The molecule has 18 heavy (non-hydrogen) atoms. The number of rotatable bonds is 4. The second-order valence-corrected chi connectivity index (χ2v) is 4.99. The molecular weight excluding hydrogens is 292 g/mol. The maximum Gasteiger partial charge on any atom is 0.134 e. The minimum absolute atomic E-state index is 0.214. The Hall–Kier alpha value is -1.39. The van der Waals surface area contributed by atoms with Crippen LogP contribution in [0.3, 0.4) is 0 Å². The number of pyridine rings is 1. The van der Waals surface area contributed by atoms with Crippen LogP contribution in [0, 0.1) is 0 Å². The van der Waals surface area contributed by atoms with E-state index in [1.165, 1.54) is 5.56 Å². The maximum absolute atomic E-state index is 9.88. The molecule has 0 amide bonds. The molecule has 0 radical (unpaired) electrons. The zero-order valence-electron chi connectivity index (χ0n) is 10.1. The molecule has 94 valence electrons. The topological polar surface area (TPSA) is 45.1 Å². The molecule has 0 aliphatic carbocycles. The van der Waals surface area contributed by atoms with Gasteiger partial charge in [0.15, 0.2) is 0 Å². The summed E-state index contributed by atoms with van der Waals surface area (Å²) < 4.78 is 0.721. The number of phenolic OH excluding ortho intramolecular Hbond substituents is 1. The first kappa shape index (κ1) is 13.1. The Morgan fingerprint density at radius 3 is 2.72 bits per heavy atom. The van der Waals surface area contributed by atoms with Crippen LogP contribution in [0.25, 0.3) is 0 Å². The predicted molar refractivity (Wildman–Crippen MR) is 75.3 cm³/mol. The highest BCUT2D eigenvalue weighted by Gasteiger charge is 2.08. The van der Waals surface area contributed by atoms with Gasteiger partial charge in [-0.15, -0.1) is 0 Å². The predicted octanol–water partition coefficient (Wildman–Crippen LogP) is 3.40. The highest BCUT2D eigenvalue weighted by atomic mass is 79.9. The van der Waals surface area contributed by atoms with Crippen molar-refractivity contribution in [3.8, 4) is 5.75 Å². The van der Waals surface area contributed by atoms with Crippen molar-refractivity contribution in [1.29, 1.82) is 0 Å². The number of benzene rings is 1. The van der Waals surface area contributed by atoms with Gasteiger partial charge in [0.25, 0.3) is 0 Å². The van der Waals surface area contributed by atoms with Crippen LogP contribution in [-0.2, 0) is 6.54 Å². The molecule has 0 fully saturated rings. The van der Waals surface area contributed by atoms with Gasteiger partial charge in [-0.25, -0.2) is 0 Å². The van der Waals surface area contributed by atoms with Gasteiger partial charge in [0.05, 0.1) is 4.47 Å². The number of halogens is 1. The fraction of sp³-hybridized carbons (Fsp3) is 0.214. The van der Waals surface area contributed by atoms with Crippen molar-refractivity contribution in [2.75, 3.05) is 0 Å². The Morgan fingerprint density at radius 1 is 1.28 bits per heavy atom. The van der Waals surface area contributed by atoms with Crippen molar-refractivity contribution >= 4 is 15.9 Å². The third kappa shape index (κ3) is 3.09. The molecule has 0 unspecified atom stereocenters. The molecule has 1 atom stereocenters. The summed E-state index contributed by atoms with van der Waals surface area (Å²) in [6.07, 6.45) is 3.56. The second kappa shape index (κ2) is 5.98. The summed E-state index contributed by atoms with van der Waals surface area (Å²) in [6.45, 7) is 2.71. The molecule has 0 aliphatic heterocycles. The molecule has 1 aromatic heterocycles. The average molecular weight is 307 g/mol. The largest absolute Gasteiger partial charge is 0.506 e. The van der Waals surface area contributed by atoms with Crippen molar-refractivity contribution in [1.82, 2.24) is 10.3 Å². The number of hydrogen-bond acceptors (Lipinski definition) is 3. The molecule has 4 heteroatoms. The summed E-state index contributed by atoms with van der Waals surface area (Å²) in [4.78, 5) is 4.00. The summed E-state index contributed by atoms with van der Waals surface area (Å²) in [5.41, 5.74) is 2.06. The van der Waals surface area contributed by atoms with Gasteiger partial charge in [0.1, 0.15) is 5.75 Å². The van der Waals surface area contributed by atoms with E-state index in [9.17, 15) is 5.11 Å². The van der Waals surface area contributed by atoms with Gasteiger partial charge in [-0.2, -0.15) is 0 Å². The van der Waals surface area contributed by atoms with E-state index in [0.717, 1.165) is 10.0 Å². The highest BCUT2D eigenvalue weighted by molar-refractivity contribution is 9.10. The van der Waals surface area contributed by atoms with E-state index < -0.39 is 0 Å². The summed E-state index contributed by atoms with van der Waals surface area (Å²) in [5, 5.41) is 13.3. The van der Waals surface area contributed by atoms with Crippen molar-refractivity contribution in [2.45, 2.75) is 19.5 Å². The third-order valence-corrected chi connectivity index (χ3v) is 3.52. The molecule has 0 aliphatic rings. The van der Waals surface area contributed by atoms with Crippen LogP contribution in [0.4, 0.5) is 0 Å². The molecule has 2 aromatic rings. The van der Waals surface area contributed by atoms with Crippen LogP contribution in [0.15, 0.2) is 47.2 Å². The van der Waals surface area contributed by atoms with Crippen molar-refractivity contribution in [2.24, 2.45) is 0 Å². The molecule has 0 saturated carbocycles. The van der Waals surface area contributed by atoms with Crippen molar-refractivity contribution < 1.29 is 5.11 Å². The third-order valence-electron chi connectivity index (χ3n) is 2.88. The van der Waals surface area contributed by atoms with E-state index in [1.807, 2.05) is 30.3 Å². The Balaban J connectivity index is 2.02. The van der Waals surface area contributed by atoms with Crippen LogP contribution in [0.2, 0.25) is 0 Å². The van der Waals surface area contributed by atoms with E-state index in [4.69, 9.17) is 0 Å². The van der Waals surface area contributed by atoms with Crippen LogP contribution >= 0.6 is 15.9 Å². The van der Waals surface area contributed by atoms with Gasteiger partial charge in [-0.1, -0.05) is 12.1 Å². The van der Waals surface area contributed by atoms with Gasteiger partial charge < -0.3 is 10.4 Å². The number of aromatic nitrogens is 1. The van der Waals surface area contributed by atoms with Gasteiger partial charge in [-0.05, 0) is 46.6 Å². The van der Waals surface area contributed by atoms with Crippen molar-refractivity contribution in [3.63, 3.8) is 0 Å². The number of para-hydroxylation sites is 1. The smallest absolute Gasteiger partial charge is 0.134 e. The SMILES string of the molecule is C[C@@H](NCc1cccc(Br)c1O)c1ccncc1. The number of aromatic hydroxyl groups is 1. The highest BCUT2D eigenvalue weighted by Crippen LogP contribution is 2.27. The van der Waals surface area contributed by atoms with Gasteiger partial charge in [-0.3, -0.25) is 4.98 Å². The Kier molecular flexibility index (Phi) is 4.33. The lowest BCUT2D eigenvalue weighted by Crippen LogP contribution is -2.18. The first-order chi connectivity index (χ1) is 8.68. The molecule has 3 nitrogen and oxygen atoms in total. The summed E-state index contributed by atoms with van der Waals surface area (Å²) in [7, 11) is 0. The molecule has 2 rings (SSSR count). The van der Waals surface area contributed by atoms with Gasteiger partial charge in [0.2, 0.25) is 0 Å². The molecule has 0 spiro atoms. The number of nitrogens with one attached hydrogen (secondary N) is 1. The quantitative estimate of drug-likeness (QED) is 0.910. The monoisotopic (exact) mass is 306 g/mol. The van der Waals surface area contributed by atoms with Crippen LogP contribution in [0.5, 0.6) is 5.75 Å². The number of phenols is 1. The van der Waals surface area contributed by atoms with Crippen LogP contribution < -0.4 is 5.32 Å². The molecule has 1 heterocycles. The summed E-state index contributed by atoms with van der Waals surface area (Å²) in [6, 6.07) is 9.83. The normalized spacial score (nSPS) is 12.3. The first-order valence-electron chi connectivity index (χ1n) is 5.78. The molecule has 0 saturated heterocycles. The molecular formula is C14H15BrN2O. The first-order valence-corrected chi connectivity index (χ1v) is 6.57. The minimum Gasteiger partial charge on any atom is -0.506 e.